The third-order valence-electron chi connectivity index (χ3n) is 7.60. The van der Waals surface area contributed by atoms with Crippen LogP contribution < -0.4 is 0 Å². The highest BCUT2D eigenvalue weighted by Gasteiger charge is 2.34. The summed E-state index contributed by atoms with van der Waals surface area (Å²) >= 11 is 0. The van der Waals surface area contributed by atoms with Crippen LogP contribution in [-0.4, -0.2) is 106 Å². The fourth-order valence-corrected chi connectivity index (χ4v) is 5.38. The molecule has 46 heavy (non-hydrogen) atoms. The van der Waals surface area contributed by atoms with Gasteiger partial charge in [-0.05, 0) is 36.4 Å². The van der Waals surface area contributed by atoms with Gasteiger partial charge in [-0.25, -0.2) is 0 Å². The molecule has 1 fully saturated rings. The minimum absolute atomic E-state index is 0.0410. The summed E-state index contributed by atoms with van der Waals surface area (Å²) in [5, 5.41) is 27.2. The number of hydrogen-bond acceptors (Lipinski definition) is 10. The van der Waals surface area contributed by atoms with Gasteiger partial charge < -0.3 is 0 Å². The summed E-state index contributed by atoms with van der Waals surface area (Å²) in [5.74, 6) is 0. The maximum absolute atomic E-state index is 4.88. The summed E-state index contributed by atoms with van der Waals surface area (Å²) in [6, 6.07) is 29.6. The Kier molecular flexibility index (Phi) is 8.83. The predicted octanol–water partition coefficient (Wildman–Crippen LogP) is 3.28. The molecular weight excluding hydrogens is 578 g/mol. The van der Waals surface area contributed by atoms with Crippen molar-refractivity contribution in [3.8, 4) is 17.1 Å². The van der Waals surface area contributed by atoms with Gasteiger partial charge in [-0.1, -0.05) is 54.6 Å². The average Bonchev–Trinajstić information content (AvgIpc) is 3.94. The van der Waals surface area contributed by atoms with Crippen molar-refractivity contribution in [3.05, 3.63) is 127 Å². The number of aromatic nitrogens is 9. The van der Waals surface area contributed by atoms with E-state index in [0.29, 0.717) is 13.1 Å². The van der Waals surface area contributed by atoms with Crippen molar-refractivity contribution < 1.29 is 0 Å². The maximum Gasteiger partial charge on any atom is 0.124 e. The van der Waals surface area contributed by atoms with Gasteiger partial charge in [-0.2, -0.15) is 34.8 Å². The highest BCUT2D eigenvalue weighted by molar-refractivity contribution is 5.76. The first-order valence-electron chi connectivity index (χ1n) is 15.2. The molecule has 0 aliphatic carbocycles. The van der Waals surface area contributed by atoms with Crippen molar-refractivity contribution >= 4 is 12.4 Å². The lowest BCUT2D eigenvalue weighted by Gasteiger charge is -2.27. The van der Waals surface area contributed by atoms with E-state index in [1.165, 1.54) is 0 Å². The van der Waals surface area contributed by atoms with E-state index in [2.05, 4.69) is 45.3 Å². The largest absolute Gasteiger partial charge is 0.289 e. The zero-order valence-corrected chi connectivity index (χ0v) is 25.2. The summed E-state index contributed by atoms with van der Waals surface area (Å²) < 4.78 is 0. The van der Waals surface area contributed by atoms with Gasteiger partial charge in [0.25, 0.3) is 0 Å². The lowest BCUT2D eigenvalue weighted by Crippen LogP contribution is -2.34. The van der Waals surface area contributed by atoms with E-state index in [0.717, 1.165) is 60.3 Å². The number of hydrogen-bond donors (Lipinski definition) is 0. The van der Waals surface area contributed by atoms with Crippen LogP contribution in [0.4, 0.5) is 0 Å². The lowest BCUT2D eigenvalue weighted by atomic mass is 10.3. The van der Waals surface area contributed by atoms with Crippen molar-refractivity contribution in [2.75, 3.05) is 39.3 Å². The van der Waals surface area contributed by atoms with Gasteiger partial charge in [0.15, 0.2) is 0 Å². The minimum Gasteiger partial charge on any atom is -0.289 e. The molecule has 0 atom stereocenters. The molecule has 0 bridgehead atoms. The first-order chi connectivity index (χ1) is 22.8. The Hall–Kier alpha value is -5.66. The van der Waals surface area contributed by atoms with E-state index in [9.17, 15) is 0 Å². The smallest absolute Gasteiger partial charge is 0.124 e. The van der Waals surface area contributed by atoms with Gasteiger partial charge >= 0.3 is 0 Å². The van der Waals surface area contributed by atoms with Gasteiger partial charge in [-0.3, -0.25) is 19.8 Å². The van der Waals surface area contributed by atoms with Crippen LogP contribution in [0.15, 0.2) is 120 Å². The van der Waals surface area contributed by atoms with Gasteiger partial charge in [0.2, 0.25) is 0 Å². The van der Waals surface area contributed by atoms with Crippen LogP contribution in [0, 0.1) is 0 Å². The normalized spacial score (nSPS) is 15.9. The molecule has 0 spiro atoms. The number of nitrogens with zero attached hydrogens (tertiary/aromatic N) is 13. The molecular formula is C33H33N13. The minimum atomic E-state index is -0.0410. The second-order valence-electron chi connectivity index (χ2n) is 10.7. The van der Waals surface area contributed by atoms with Crippen LogP contribution >= 0.6 is 0 Å². The van der Waals surface area contributed by atoms with Crippen LogP contribution in [0.1, 0.15) is 23.2 Å². The molecule has 7 rings (SSSR count). The van der Waals surface area contributed by atoms with Gasteiger partial charge in [0.1, 0.15) is 23.2 Å². The molecule has 3 aromatic heterocycles. The van der Waals surface area contributed by atoms with Gasteiger partial charge in [0, 0.05) is 26.2 Å². The molecule has 4 heterocycles. The standard InChI is InChI=1S/C33H33N13/c1-4-10-29(11-5-1)44-36-24-27(39-44)22-34-16-18-42-20-21-43(33(42)32-26-38-46(41-32)31-14-8-3-9-15-31)19-17-35-23-28-25-37-45(40-28)30-12-6-2-7-13-30/h1-15,22-26,33H,16-21H2. The second-order valence-corrected chi connectivity index (χ2v) is 10.7. The molecule has 0 saturated carbocycles. The van der Waals surface area contributed by atoms with E-state index < -0.39 is 0 Å². The molecule has 0 amide bonds. The molecule has 230 valence electrons. The number of rotatable bonds is 12. The Labute approximate surface area is 266 Å². The number of benzene rings is 3. The Morgan fingerprint density at radius 2 is 0.957 bits per heavy atom. The molecule has 0 radical (unpaired) electrons. The highest BCUT2D eigenvalue weighted by Crippen LogP contribution is 2.28. The van der Waals surface area contributed by atoms with E-state index in [1.54, 1.807) is 39.2 Å². The van der Waals surface area contributed by atoms with Crippen molar-refractivity contribution in [2.45, 2.75) is 6.17 Å². The third kappa shape index (κ3) is 6.85. The Bertz CT molecular complexity index is 1780. The maximum atomic E-state index is 4.88. The van der Waals surface area contributed by atoms with Crippen molar-refractivity contribution in [3.63, 3.8) is 0 Å². The molecule has 1 aliphatic rings. The monoisotopic (exact) mass is 611 g/mol. The quantitative estimate of drug-likeness (QED) is 0.193. The van der Waals surface area contributed by atoms with Crippen LogP contribution in [0.5, 0.6) is 0 Å². The Balaban J connectivity index is 1.01. The highest BCUT2D eigenvalue weighted by atomic mass is 15.5. The molecule has 1 saturated heterocycles. The average molecular weight is 612 g/mol. The summed E-state index contributed by atoms with van der Waals surface area (Å²) in [4.78, 5) is 19.0. The van der Waals surface area contributed by atoms with E-state index in [1.807, 2.05) is 97.2 Å². The number of aliphatic imine (C=N–C) groups is 2. The summed E-state index contributed by atoms with van der Waals surface area (Å²) in [6.45, 7) is 4.52. The van der Waals surface area contributed by atoms with Gasteiger partial charge in [0.05, 0.1) is 61.2 Å². The Morgan fingerprint density at radius 1 is 0.543 bits per heavy atom. The van der Waals surface area contributed by atoms with E-state index >= 15 is 0 Å². The fourth-order valence-electron chi connectivity index (χ4n) is 5.38. The Morgan fingerprint density at radius 3 is 1.41 bits per heavy atom. The lowest BCUT2D eigenvalue weighted by molar-refractivity contribution is 0.139. The predicted molar refractivity (Wildman–Crippen MR) is 175 cm³/mol. The second kappa shape index (κ2) is 14.0. The molecule has 3 aromatic carbocycles. The van der Waals surface area contributed by atoms with Gasteiger partial charge in [-0.15, -0.1) is 10.2 Å². The molecule has 13 nitrogen and oxygen atoms in total. The zero-order valence-electron chi connectivity index (χ0n) is 25.2. The van der Waals surface area contributed by atoms with Crippen LogP contribution in [0.2, 0.25) is 0 Å². The number of para-hydroxylation sites is 3. The van der Waals surface area contributed by atoms with Crippen molar-refractivity contribution in [1.82, 2.24) is 54.8 Å². The summed E-state index contributed by atoms with van der Waals surface area (Å²) in [5.41, 5.74) is 5.08. The van der Waals surface area contributed by atoms with Crippen molar-refractivity contribution in [2.24, 2.45) is 9.98 Å². The molecule has 1 aliphatic heterocycles. The summed E-state index contributed by atoms with van der Waals surface area (Å²) in [7, 11) is 0. The van der Waals surface area contributed by atoms with Crippen LogP contribution in [0.25, 0.3) is 17.1 Å². The topological polar surface area (TPSA) is 123 Å². The zero-order chi connectivity index (χ0) is 31.0. The molecule has 0 N–H and O–H groups in total. The first kappa shape index (κ1) is 29.1. The fraction of sp³-hybridized carbons (Fsp3) is 0.212. The van der Waals surface area contributed by atoms with Crippen LogP contribution in [0.3, 0.4) is 0 Å². The summed E-state index contributed by atoms with van der Waals surface area (Å²) in [6.07, 6.45) is 8.83. The van der Waals surface area contributed by atoms with E-state index in [4.69, 9.17) is 5.10 Å². The molecule has 6 aromatic rings. The first-order valence-corrected chi connectivity index (χ1v) is 15.2. The van der Waals surface area contributed by atoms with Crippen LogP contribution in [-0.2, 0) is 0 Å². The third-order valence-corrected chi connectivity index (χ3v) is 7.60. The molecule has 0 unspecified atom stereocenters. The molecule has 13 heteroatoms. The van der Waals surface area contributed by atoms with E-state index in [-0.39, 0.29) is 6.17 Å². The SMILES string of the molecule is C(=NCCN1CCN(CCN=Cc2cnn(-c3ccccc3)n2)C1c1cnn(-c2ccccc2)n1)c1cnn(-c2ccccc2)n1. The van der Waals surface area contributed by atoms with Crippen molar-refractivity contribution in [1.29, 1.82) is 0 Å².